The molecule has 2 atom stereocenters. The molecule has 4 nitrogen and oxygen atoms in total. The molecule has 2 aromatic carbocycles. The molecule has 3 rings (SSSR count). The predicted molar refractivity (Wildman–Crippen MR) is 96.8 cm³/mol. The summed E-state index contributed by atoms with van der Waals surface area (Å²) in [7, 11) is 0. The van der Waals surface area contributed by atoms with Crippen molar-refractivity contribution in [3.63, 3.8) is 0 Å². The molecule has 1 heterocycles. The fourth-order valence-corrected chi connectivity index (χ4v) is 3.23. The Morgan fingerprint density at radius 2 is 1.76 bits per heavy atom. The zero-order valence-electron chi connectivity index (χ0n) is 15.5. The third-order valence-electron chi connectivity index (χ3n) is 4.47. The van der Waals surface area contributed by atoms with E-state index in [0.717, 1.165) is 26.0 Å². The molecule has 3 aromatic rings. The van der Waals surface area contributed by atoms with E-state index < -0.39 is 42.1 Å². The molecular weight excluding hydrogens is 397 g/mol. The lowest BCUT2D eigenvalue weighted by Gasteiger charge is -2.28. The maximum absolute atomic E-state index is 13.9. The molecule has 0 fully saturated rings. The summed E-state index contributed by atoms with van der Waals surface area (Å²) in [6.07, 6.45) is -5.50. The van der Waals surface area contributed by atoms with Gasteiger partial charge in [-0.15, -0.1) is 0 Å². The number of hydrogen-bond acceptors (Lipinski definition) is 3. The Kier molecular flexibility index (Phi) is 5.29. The third-order valence-corrected chi connectivity index (χ3v) is 4.47. The van der Waals surface area contributed by atoms with Gasteiger partial charge in [0, 0.05) is 17.2 Å². The topological polar surface area (TPSA) is 62.5 Å². The number of alkyl halides is 4. The minimum absolute atomic E-state index is 0.0943. The van der Waals surface area contributed by atoms with Crippen LogP contribution in [0.25, 0.3) is 21.9 Å². The fraction of sp³-hybridized carbons (Fsp3) is 0.350. The summed E-state index contributed by atoms with van der Waals surface area (Å²) in [5.41, 5.74) is -1.89. The van der Waals surface area contributed by atoms with Gasteiger partial charge in [0.25, 0.3) is 0 Å². The van der Waals surface area contributed by atoms with Gasteiger partial charge in [-0.05, 0) is 43.7 Å². The highest BCUT2D eigenvalue weighted by atomic mass is 19.4. The third kappa shape index (κ3) is 4.67. The Morgan fingerprint density at radius 3 is 2.34 bits per heavy atom. The summed E-state index contributed by atoms with van der Waals surface area (Å²) in [5, 5.41) is 12.1. The molecule has 0 saturated heterocycles. The van der Waals surface area contributed by atoms with Crippen LogP contribution in [-0.4, -0.2) is 29.0 Å². The van der Waals surface area contributed by atoms with Crippen LogP contribution in [0, 0.1) is 5.82 Å². The Morgan fingerprint density at radius 1 is 1.07 bits per heavy atom. The van der Waals surface area contributed by atoms with Crippen molar-refractivity contribution in [1.29, 1.82) is 0 Å². The number of carboxylic acid groups (broad SMARTS) is 1. The predicted octanol–water partition coefficient (Wildman–Crippen LogP) is 5.51. The van der Waals surface area contributed by atoms with E-state index in [4.69, 9.17) is 4.42 Å². The highest BCUT2D eigenvalue weighted by molar-refractivity contribution is 6.05. The molecule has 0 aliphatic rings. The van der Waals surface area contributed by atoms with Gasteiger partial charge < -0.3 is 9.52 Å². The molecule has 2 N–H and O–H groups in total. The maximum Gasteiger partial charge on any atom is 0.407 e. The molecule has 156 valence electrons. The first-order valence-electron chi connectivity index (χ1n) is 8.71. The van der Waals surface area contributed by atoms with Crippen LogP contribution in [0.4, 0.5) is 22.0 Å². The van der Waals surface area contributed by atoms with Crippen molar-refractivity contribution in [2.24, 2.45) is 0 Å². The number of hydrogen-bond donors (Lipinski definition) is 2. The van der Waals surface area contributed by atoms with E-state index in [-0.39, 0.29) is 11.1 Å². The number of carboxylic acids is 1. The van der Waals surface area contributed by atoms with Gasteiger partial charge in [0.1, 0.15) is 34.7 Å². The molecule has 1 aromatic heterocycles. The standard InChI is InChI=1S/C20H18F5NO3/c1-19(2,22)9-14(18(27)28)26-17(20(23,24)25)10-3-5-12-13-8-11(21)4-6-15(13)29-16(12)7-10/h3-8,14,17,26H,9H2,1-2H3,(H,27,28)/t14-,17-/m0/s1. The molecule has 0 bridgehead atoms. The number of rotatable bonds is 6. The molecule has 0 aliphatic carbocycles. The molecule has 0 spiro atoms. The van der Waals surface area contributed by atoms with Crippen LogP contribution < -0.4 is 5.32 Å². The second kappa shape index (κ2) is 7.29. The fourth-order valence-electron chi connectivity index (χ4n) is 3.23. The number of fused-ring (bicyclic) bond motifs is 3. The number of halogens is 5. The smallest absolute Gasteiger partial charge is 0.407 e. The van der Waals surface area contributed by atoms with E-state index in [0.29, 0.717) is 16.4 Å². The van der Waals surface area contributed by atoms with Gasteiger partial charge in [0.15, 0.2) is 0 Å². The van der Waals surface area contributed by atoms with E-state index >= 15 is 0 Å². The molecule has 29 heavy (non-hydrogen) atoms. The highest BCUT2D eigenvalue weighted by Gasteiger charge is 2.44. The van der Waals surface area contributed by atoms with Crippen molar-refractivity contribution >= 4 is 27.9 Å². The van der Waals surface area contributed by atoms with Crippen LogP contribution >= 0.6 is 0 Å². The molecule has 0 unspecified atom stereocenters. The SMILES string of the molecule is CC(C)(F)C[C@H](N[C@@H](c1ccc2c(c1)oc1ccc(F)cc12)C(F)(F)F)C(=O)O. The maximum atomic E-state index is 13.9. The summed E-state index contributed by atoms with van der Waals surface area (Å²) >= 11 is 0. The summed E-state index contributed by atoms with van der Waals surface area (Å²) in [4.78, 5) is 11.4. The van der Waals surface area contributed by atoms with Gasteiger partial charge >= 0.3 is 12.1 Å². The van der Waals surface area contributed by atoms with Crippen LogP contribution in [0.15, 0.2) is 40.8 Å². The van der Waals surface area contributed by atoms with E-state index in [1.54, 1.807) is 0 Å². The van der Waals surface area contributed by atoms with Crippen molar-refractivity contribution in [1.82, 2.24) is 5.32 Å². The minimum atomic E-state index is -4.85. The van der Waals surface area contributed by atoms with Crippen molar-refractivity contribution in [2.75, 3.05) is 0 Å². The largest absolute Gasteiger partial charge is 0.480 e. The average Bonchev–Trinajstić information content (AvgIpc) is 2.93. The monoisotopic (exact) mass is 415 g/mol. The average molecular weight is 415 g/mol. The van der Waals surface area contributed by atoms with Gasteiger partial charge in [-0.2, -0.15) is 13.2 Å². The lowest BCUT2D eigenvalue weighted by molar-refractivity contribution is -0.164. The van der Waals surface area contributed by atoms with E-state index in [1.807, 2.05) is 5.32 Å². The molecular formula is C20H18F5NO3. The van der Waals surface area contributed by atoms with E-state index in [1.165, 1.54) is 24.3 Å². The number of aliphatic carboxylic acids is 1. The summed E-state index contributed by atoms with van der Waals surface area (Å²) in [6, 6.07) is 3.26. The quantitative estimate of drug-likeness (QED) is 0.521. The van der Waals surface area contributed by atoms with Crippen molar-refractivity contribution in [3.05, 3.63) is 47.8 Å². The van der Waals surface area contributed by atoms with Gasteiger partial charge in [-0.3, -0.25) is 10.1 Å². The Labute approximate surface area is 162 Å². The van der Waals surface area contributed by atoms with Gasteiger partial charge in [-0.25, -0.2) is 8.78 Å². The number of furan rings is 1. The van der Waals surface area contributed by atoms with Gasteiger partial charge in [0.2, 0.25) is 0 Å². The minimum Gasteiger partial charge on any atom is -0.480 e. The summed E-state index contributed by atoms with van der Waals surface area (Å²) < 4.78 is 73.9. The second-order valence-corrected chi connectivity index (χ2v) is 7.45. The Bertz CT molecular complexity index is 1050. The van der Waals surface area contributed by atoms with Gasteiger partial charge in [-0.1, -0.05) is 12.1 Å². The first-order valence-corrected chi connectivity index (χ1v) is 8.71. The summed E-state index contributed by atoms with van der Waals surface area (Å²) in [5.74, 6) is -2.11. The second-order valence-electron chi connectivity index (χ2n) is 7.45. The first-order chi connectivity index (χ1) is 13.3. The molecule has 0 saturated carbocycles. The Hall–Kier alpha value is -2.68. The van der Waals surface area contributed by atoms with Crippen molar-refractivity contribution in [3.8, 4) is 0 Å². The number of benzene rings is 2. The van der Waals surface area contributed by atoms with Crippen LogP contribution in [0.2, 0.25) is 0 Å². The van der Waals surface area contributed by atoms with Crippen LogP contribution in [0.3, 0.4) is 0 Å². The Balaban J connectivity index is 2.03. The zero-order chi connectivity index (χ0) is 21.6. The van der Waals surface area contributed by atoms with Crippen molar-refractivity contribution < 1.29 is 36.3 Å². The first kappa shape index (κ1) is 21.0. The lowest BCUT2D eigenvalue weighted by Crippen LogP contribution is -2.47. The normalized spacial score (nSPS) is 15.0. The van der Waals surface area contributed by atoms with Gasteiger partial charge in [0.05, 0.1) is 0 Å². The van der Waals surface area contributed by atoms with Crippen LogP contribution in [0.5, 0.6) is 0 Å². The van der Waals surface area contributed by atoms with E-state index in [2.05, 4.69) is 0 Å². The molecule has 0 radical (unpaired) electrons. The molecule has 0 aliphatic heterocycles. The van der Waals surface area contributed by atoms with E-state index in [9.17, 15) is 31.9 Å². The molecule has 9 heteroatoms. The highest BCUT2D eigenvalue weighted by Crippen LogP contribution is 2.37. The zero-order valence-corrected chi connectivity index (χ0v) is 15.5. The number of nitrogens with one attached hydrogen (secondary N) is 1. The summed E-state index contributed by atoms with van der Waals surface area (Å²) in [6.45, 7) is 2.18. The number of carbonyl (C=O) groups is 1. The molecule has 0 amide bonds. The lowest BCUT2D eigenvalue weighted by atomic mass is 9.98. The van der Waals surface area contributed by atoms with Crippen molar-refractivity contribution in [2.45, 2.75) is 44.2 Å². The van der Waals surface area contributed by atoms with Crippen LogP contribution in [0.1, 0.15) is 31.9 Å². The van der Waals surface area contributed by atoms with Crippen LogP contribution in [-0.2, 0) is 4.79 Å².